The lowest BCUT2D eigenvalue weighted by Gasteiger charge is -2.24. The quantitative estimate of drug-likeness (QED) is 0.203. The van der Waals surface area contributed by atoms with Gasteiger partial charge in [-0.05, 0) is 0 Å². The zero-order valence-corrected chi connectivity index (χ0v) is 10.3. The van der Waals surface area contributed by atoms with Gasteiger partial charge in [0.05, 0.1) is 19.1 Å². The van der Waals surface area contributed by atoms with E-state index in [9.17, 15) is 29.7 Å². The molecule has 0 aromatic heterocycles. The highest BCUT2D eigenvalue weighted by molar-refractivity contribution is 6.41. The predicted octanol–water partition coefficient (Wildman–Crippen LogP) is -4.64. The summed E-state index contributed by atoms with van der Waals surface area (Å²) >= 11 is 0. The van der Waals surface area contributed by atoms with Gasteiger partial charge in [0, 0.05) is 0 Å². The second-order valence-electron chi connectivity index (χ2n) is 4.11. The first-order valence-electron chi connectivity index (χ1n) is 5.52. The van der Waals surface area contributed by atoms with Crippen molar-refractivity contribution in [3.8, 4) is 0 Å². The second kappa shape index (κ2) is 7.99. The van der Waals surface area contributed by atoms with Crippen molar-refractivity contribution in [1.29, 1.82) is 0 Å². The fourth-order valence-electron chi connectivity index (χ4n) is 1.29. The van der Waals surface area contributed by atoms with E-state index in [2.05, 4.69) is 0 Å². The van der Waals surface area contributed by atoms with Crippen LogP contribution in [0.3, 0.4) is 0 Å². The minimum atomic E-state index is -2.40. The Labute approximate surface area is 113 Å². The Balaban J connectivity index is 4.76. The number of Topliss-reactive ketones (excluding diaryl/α,β-unsaturated/α-hetero) is 2. The summed E-state index contributed by atoms with van der Waals surface area (Å²) in [6, 6.07) is -1.71. The molecule has 5 atom stereocenters. The maximum atomic E-state index is 11.4. The molecular weight excluding hydrogens is 278 g/mol. The zero-order chi connectivity index (χ0) is 16.0. The van der Waals surface area contributed by atoms with Gasteiger partial charge in [0.15, 0.2) is 0 Å². The summed E-state index contributed by atoms with van der Waals surface area (Å²) < 4.78 is 0. The SMILES string of the molecule is NC(CC(=O)O)C(=O)C(=O)C(O)C(O)C(O)C(O)CO. The van der Waals surface area contributed by atoms with Crippen LogP contribution in [0.1, 0.15) is 6.42 Å². The van der Waals surface area contributed by atoms with Crippen LogP contribution >= 0.6 is 0 Å². The molecule has 10 heteroatoms. The molecule has 10 nitrogen and oxygen atoms in total. The van der Waals surface area contributed by atoms with E-state index in [0.717, 1.165) is 0 Å². The van der Waals surface area contributed by atoms with E-state index in [4.69, 9.17) is 21.1 Å². The topological polar surface area (TPSA) is 199 Å². The lowest BCUT2D eigenvalue weighted by molar-refractivity contribution is -0.155. The molecule has 0 aliphatic carbocycles. The molecule has 0 fully saturated rings. The molecule has 5 unspecified atom stereocenters. The molecule has 0 bridgehead atoms. The monoisotopic (exact) mass is 295 g/mol. The summed E-state index contributed by atoms with van der Waals surface area (Å²) in [5.74, 6) is -4.48. The third-order valence-electron chi connectivity index (χ3n) is 2.50. The number of carbonyl (C=O) groups excluding carboxylic acids is 2. The fourth-order valence-corrected chi connectivity index (χ4v) is 1.29. The molecule has 0 saturated heterocycles. The number of aliphatic hydroxyl groups is 5. The molecule has 8 N–H and O–H groups in total. The van der Waals surface area contributed by atoms with Crippen LogP contribution in [0, 0.1) is 0 Å². The van der Waals surface area contributed by atoms with Gasteiger partial charge in [-0.1, -0.05) is 0 Å². The maximum Gasteiger partial charge on any atom is 0.305 e. The molecule has 0 saturated carbocycles. The first-order chi connectivity index (χ1) is 9.13. The average Bonchev–Trinajstić information content (AvgIpc) is 2.41. The molecule has 0 aliphatic rings. The number of ketones is 2. The van der Waals surface area contributed by atoms with Gasteiger partial charge in [-0.3, -0.25) is 14.4 Å². The average molecular weight is 295 g/mol. The van der Waals surface area contributed by atoms with Gasteiger partial charge in [-0.15, -0.1) is 0 Å². The number of carbonyl (C=O) groups is 3. The Morgan fingerprint density at radius 1 is 0.950 bits per heavy atom. The standard InChI is InChI=1S/C10H17NO9/c11-3(1-5(14)15)6(16)8(18)10(20)9(19)7(17)4(13)2-12/h3-4,7,9-10,12-13,17,19-20H,1-2,11H2,(H,14,15). The molecule has 0 heterocycles. The number of aliphatic hydroxyl groups excluding tert-OH is 5. The van der Waals surface area contributed by atoms with Crippen molar-refractivity contribution < 1.29 is 45.0 Å². The van der Waals surface area contributed by atoms with Gasteiger partial charge in [0.1, 0.15) is 24.4 Å². The Hall–Kier alpha value is -1.43. The molecule has 0 aliphatic heterocycles. The molecule has 0 radical (unpaired) electrons. The predicted molar refractivity (Wildman–Crippen MR) is 61.4 cm³/mol. The summed E-state index contributed by atoms with van der Waals surface area (Å²) in [6.07, 6.45) is -9.42. The van der Waals surface area contributed by atoms with Crippen molar-refractivity contribution in [3.63, 3.8) is 0 Å². The number of carboxylic acid groups (broad SMARTS) is 1. The van der Waals surface area contributed by atoms with Gasteiger partial charge >= 0.3 is 5.97 Å². The Bertz CT molecular complexity index is 372. The smallest absolute Gasteiger partial charge is 0.305 e. The van der Waals surface area contributed by atoms with E-state index in [1.54, 1.807) is 0 Å². The van der Waals surface area contributed by atoms with Gasteiger partial charge in [0.2, 0.25) is 11.6 Å². The van der Waals surface area contributed by atoms with Crippen molar-refractivity contribution in [2.24, 2.45) is 5.73 Å². The van der Waals surface area contributed by atoms with Crippen molar-refractivity contribution >= 4 is 17.5 Å². The molecule has 0 amide bonds. The lowest BCUT2D eigenvalue weighted by Crippen LogP contribution is -2.52. The van der Waals surface area contributed by atoms with Crippen molar-refractivity contribution in [2.75, 3.05) is 6.61 Å². The van der Waals surface area contributed by atoms with Crippen LogP contribution in [0.4, 0.5) is 0 Å². The van der Waals surface area contributed by atoms with Crippen LogP contribution in [-0.4, -0.2) is 85.2 Å². The summed E-state index contributed by atoms with van der Waals surface area (Å²) in [6.45, 7) is -0.953. The summed E-state index contributed by atoms with van der Waals surface area (Å²) in [4.78, 5) is 33.1. The van der Waals surface area contributed by atoms with Crippen LogP contribution in [0.2, 0.25) is 0 Å². The number of aliphatic carboxylic acids is 1. The third-order valence-corrected chi connectivity index (χ3v) is 2.50. The summed E-state index contributed by atoms with van der Waals surface area (Å²) in [7, 11) is 0. The number of rotatable bonds is 9. The van der Waals surface area contributed by atoms with E-state index in [1.807, 2.05) is 0 Å². The summed E-state index contributed by atoms with van der Waals surface area (Å²) in [5.41, 5.74) is 5.12. The van der Waals surface area contributed by atoms with Gasteiger partial charge in [-0.25, -0.2) is 0 Å². The largest absolute Gasteiger partial charge is 0.481 e. The normalized spacial score (nSPS) is 18.7. The highest BCUT2D eigenvalue weighted by atomic mass is 16.4. The molecule has 0 aromatic carbocycles. The van der Waals surface area contributed by atoms with E-state index in [1.165, 1.54) is 0 Å². The number of hydrogen-bond donors (Lipinski definition) is 7. The maximum absolute atomic E-state index is 11.4. The third kappa shape index (κ3) is 4.92. The zero-order valence-electron chi connectivity index (χ0n) is 10.3. The number of nitrogens with two attached hydrogens (primary N) is 1. The molecule has 0 spiro atoms. The Morgan fingerprint density at radius 2 is 1.45 bits per heavy atom. The van der Waals surface area contributed by atoms with E-state index in [0.29, 0.717) is 0 Å². The van der Waals surface area contributed by atoms with Gasteiger partial charge in [-0.2, -0.15) is 0 Å². The fraction of sp³-hybridized carbons (Fsp3) is 0.700. The first kappa shape index (κ1) is 18.6. The lowest BCUT2D eigenvalue weighted by atomic mass is 9.95. The molecule has 20 heavy (non-hydrogen) atoms. The van der Waals surface area contributed by atoms with Crippen LogP contribution < -0.4 is 5.73 Å². The molecule has 0 aromatic rings. The van der Waals surface area contributed by atoms with Crippen LogP contribution in [0.25, 0.3) is 0 Å². The minimum Gasteiger partial charge on any atom is -0.481 e. The molecule has 0 rings (SSSR count). The highest BCUT2D eigenvalue weighted by Crippen LogP contribution is 2.07. The second-order valence-corrected chi connectivity index (χ2v) is 4.11. The van der Waals surface area contributed by atoms with E-state index < -0.39 is 61.0 Å². The van der Waals surface area contributed by atoms with E-state index >= 15 is 0 Å². The highest BCUT2D eigenvalue weighted by Gasteiger charge is 2.38. The molecular formula is C10H17NO9. The van der Waals surface area contributed by atoms with Crippen LogP contribution in [0.5, 0.6) is 0 Å². The molecule has 116 valence electrons. The van der Waals surface area contributed by atoms with Crippen molar-refractivity contribution in [1.82, 2.24) is 0 Å². The first-order valence-corrected chi connectivity index (χ1v) is 5.52. The Kier molecular flexibility index (Phi) is 7.42. The van der Waals surface area contributed by atoms with E-state index in [-0.39, 0.29) is 0 Å². The Morgan fingerprint density at radius 3 is 1.85 bits per heavy atom. The van der Waals surface area contributed by atoms with Gasteiger partial charge < -0.3 is 36.4 Å². The number of hydrogen-bond acceptors (Lipinski definition) is 9. The van der Waals surface area contributed by atoms with Crippen LogP contribution in [0.15, 0.2) is 0 Å². The van der Waals surface area contributed by atoms with Crippen LogP contribution in [-0.2, 0) is 14.4 Å². The number of carboxylic acids is 1. The minimum absolute atomic E-state index is 0.852. The van der Waals surface area contributed by atoms with Crippen molar-refractivity contribution in [3.05, 3.63) is 0 Å². The van der Waals surface area contributed by atoms with Gasteiger partial charge in [0.25, 0.3) is 0 Å². The van der Waals surface area contributed by atoms with Crippen molar-refractivity contribution in [2.45, 2.75) is 36.9 Å². The summed E-state index contributed by atoms with van der Waals surface area (Å²) in [5, 5.41) is 54.0.